The maximum atomic E-state index is 13.0. The highest BCUT2D eigenvalue weighted by Gasteiger charge is 2.13. The fraction of sp³-hybridized carbons (Fsp3) is 0.250. The van der Waals surface area contributed by atoms with Gasteiger partial charge in [-0.15, -0.1) is 0 Å². The molecule has 0 amide bonds. The van der Waals surface area contributed by atoms with E-state index in [1.807, 2.05) is 6.92 Å². The van der Waals surface area contributed by atoms with Gasteiger partial charge >= 0.3 is 0 Å². The lowest BCUT2D eigenvalue weighted by Gasteiger charge is -2.14. The molecule has 2 N–H and O–H groups in total. The van der Waals surface area contributed by atoms with E-state index in [2.05, 4.69) is 4.98 Å². The first-order chi connectivity index (χ1) is 8.13. The van der Waals surface area contributed by atoms with Crippen LogP contribution < -0.4 is 5.73 Å². The second-order valence-corrected chi connectivity index (χ2v) is 4.21. The number of nitrogens with zero attached hydrogens (tertiary/aromatic N) is 2. The summed E-state index contributed by atoms with van der Waals surface area (Å²) in [4.78, 5) is 4.06. The average Bonchev–Trinajstić information content (AvgIpc) is 2.77. The molecule has 1 aromatic carbocycles. The fourth-order valence-corrected chi connectivity index (χ4v) is 1.92. The monoisotopic (exact) mass is 253 g/mol. The third kappa shape index (κ3) is 2.33. The molecule has 0 spiro atoms. The molecule has 0 fully saturated rings. The van der Waals surface area contributed by atoms with Gasteiger partial charge in [0.15, 0.2) is 0 Å². The van der Waals surface area contributed by atoms with Crippen LogP contribution in [0, 0.1) is 5.82 Å². The van der Waals surface area contributed by atoms with Gasteiger partial charge in [0.2, 0.25) is 0 Å². The average molecular weight is 254 g/mol. The lowest BCUT2D eigenvalue weighted by Crippen LogP contribution is -2.13. The molecule has 1 heterocycles. The molecule has 0 unspecified atom stereocenters. The maximum absolute atomic E-state index is 13.0. The fourth-order valence-electron chi connectivity index (χ4n) is 1.67. The zero-order valence-electron chi connectivity index (χ0n) is 9.40. The molecule has 2 rings (SSSR count). The SMILES string of the molecule is CC[C@@H](N)c1cncn1-c1ccc(F)cc1Cl. The van der Waals surface area contributed by atoms with Crippen LogP contribution in [0.2, 0.25) is 5.02 Å². The zero-order chi connectivity index (χ0) is 12.4. The van der Waals surface area contributed by atoms with Crippen LogP contribution in [0.1, 0.15) is 25.1 Å². The summed E-state index contributed by atoms with van der Waals surface area (Å²) in [5.41, 5.74) is 7.53. The van der Waals surface area contributed by atoms with Crippen LogP contribution in [0.3, 0.4) is 0 Å². The van der Waals surface area contributed by atoms with Gasteiger partial charge in [-0.1, -0.05) is 18.5 Å². The van der Waals surface area contributed by atoms with E-state index in [0.29, 0.717) is 10.7 Å². The van der Waals surface area contributed by atoms with Gasteiger partial charge in [-0.3, -0.25) is 0 Å². The third-order valence-corrected chi connectivity index (χ3v) is 2.96. The van der Waals surface area contributed by atoms with Crippen LogP contribution in [0.15, 0.2) is 30.7 Å². The molecule has 0 bridgehead atoms. The quantitative estimate of drug-likeness (QED) is 0.914. The molecule has 1 atom stereocenters. The van der Waals surface area contributed by atoms with Crippen LogP contribution in [0.25, 0.3) is 5.69 Å². The number of benzene rings is 1. The van der Waals surface area contributed by atoms with Crippen molar-refractivity contribution in [3.8, 4) is 5.69 Å². The predicted octanol–water partition coefficient (Wildman–Crippen LogP) is 3.07. The molecular weight excluding hydrogens is 241 g/mol. The number of halogens is 2. The molecule has 5 heteroatoms. The normalized spacial score (nSPS) is 12.7. The van der Waals surface area contributed by atoms with Gasteiger partial charge in [-0.2, -0.15) is 0 Å². The van der Waals surface area contributed by atoms with Crippen molar-refractivity contribution in [2.75, 3.05) is 0 Å². The molecule has 17 heavy (non-hydrogen) atoms. The molecule has 0 saturated carbocycles. The van der Waals surface area contributed by atoms with Gasteiger partial charge < -0.3 is 10.3 Å². The lowest BCUT2D eigenvalue weighted by atomic mass is 10.2. The Kier molecular flexibility index (Phi) is 3.45. The Labute approximate surface area is 104 Å². The zero-order valence-corrected chi connectivity index (χ0v) is 10.2. The molecule has 90 valence electrons. The van der Waals surface area contributed by atoms with Crippen molar-refractivity contribution >= 4 is 11.6 Å². The van der Waals surface area contributed by atoms with Crippen molar-refractivity contribution in [1.29, 1.82) is 0 Å². The molecule has 1 aromatic heterocycles. The van der Waals surface area contributed by atoms with Gasteiger partial charge in [0, 0.05) is 6.04 Å². The lowest BCUT2D eigenvalue weighted by molar-refractivity contribution is 0.626. The summed E-state index contributed by atoms with van der Waals surface area (Å²) in [6.07, 6.45) is 4.13. The van der Waals surface area contributed by atoms with Gasteiger partial charge in [-0.25, -0.2) is 9.37 Å². The maximum Gasteiger partial charge on any atom is 0.124 e. The number of rotatable bonds is 3. The Morgan fingerprint density at radius 1 is 1.53 bits per heavy atom. The van der Waals surface area contributed by atoms with Crippen LogP contribution >= 0.6 is 11.6 Å². The first-order valence-corrected chi connectivity index (χ1v) is 5.74. The predicted molar refractivity (Wildman–Crippen MR) is 65.8 cm³/mol. The second-order valence-electron chi connectivity index (χ2n) is 3.80. The van der Waals surface area contributed by atoms with Crippen molar-refractivity contribution < 1.29 is 4.39 Å². The van der Waals surface area contributed by atoms with Gasteiger partial charge in [0.1, 0.15) is 5.82 Å². The number of imidazole rings is 1. The van der Waals surface area contributed by atoms with Crippen LogP contribution in [-0.2, 0) is 0 Å². The van der Waals surface area contributed by atoms with E-state index in [-0.39, 0.29) is 11.9 Å². The van der Waals surface area contributed by atoms with Gasteiger partial charge in [-0.05, 0) is 24.6 Å². The minimum Gasteiger partial charge on any atom is -0.323 e. The largest absolute Gasteiger partial charge is 0.323 e. The van der Waals surface area contributed by atoms with E-state index in [1.165, 1.54) is 12.1 Å². The number of hydrogen-bond acceptors (Lipinski definition) is 2. The Balaban J connectivity index is 2.50. The topological polar surface area (TPSA) is 43.8 Å². The van der Waals surface area contributed by atoms with E-state index in [4.69, 9.17) is 17.3 Å². The van der Waals surface area contributed by atoms with Crippen molar-refractivity contribution in [3.05, 3.63) is 47.3 Å². The molecule has 0 aliphatic carbocycles. The van der Waals surface area contributed by atoms with E-state index in [0.717, 1.165) is 12.1 Å². The van der Waals surface area contributed by atoms with Crippen molar-refractivity contribution in [1.82, 2.24) is 9.55 Å². The molecule has 0 radical (unpaired) electrons. The van der Waals surface area contributed by atoms with E-state index >= 15 is 0 Å². The van der Waals surface area contributed by atoms with Crippen molar-refractivity contribution in [2.24, 2.45) is 5.73 Å². The van der Waals surface area contributed by atoms with E-state index in [9.17, 15) is 4.39 Å². The minimum atomic E-state index is -0.361. The van der Waals surface area contributed by atoms with E-state index < -0.39 is 0 Å². The standard InChI is InChI=1S/C12H13ClFN3/c1-2-10(15)12-6-16-7-17(12)11-4-3-8(14)5-9(11)13/h3-7,10H,2,15H2,1H3/t10-/m1/s1. The van der Waals surface area contributed by atoms with Crippen LogP contribution in [-0.4, -0.2) is 9.55 Å². The smallest absolute Gasteiger partial charge is 0.124 e. The van der Waals surface area contributed by atoms with E-state index in [1.54, 1.807) is 23.2 Å². The minimum absolute atomic E-state index is 0.112. The van der Waals surface area contributed by atoms with Gasteiger partial charge in [0.25, 0.3) is 0 Å². The highest BCUT2D eigenvalue weighted by molar-refractivity contribution is 6.32. The number of hydrogen-bond donors (Lipinski definition) is 1. The summed E-state index contributed by atoms with van der Waals surface area (Å²) >= 11 is 6.01. The Bertz CT molecular complexity index is 524. The summed E-state index contributed by atoms with van der Waals surface area (Å²) in [6, 6.07) is 4.14. The molecule has 0 aliphatic rings. The Hall–Kier alpha value is -1.39. The Morgan fingerprint density at radius 2 is 2.29 bits per heavy atom. The number of aromatic nitrogens is 2. The second kappa shape index (κ2) is 4.85. The Morgan fingerprint density at radius 3 is 2.94 bits per heavy atom. The van der Waals surface area contributed by atoms with Crippen LogP contribution in [0.5, 0.6) is 0 Å². The third-order valence-electron chi connectivity index (χ3n) is 2.66. The number of nitrogens with two attached hydrogens (primary N) is 1. The molecule has 3 nitrogen and oxygen atoms in total. The van der Waals surface area contributed by atoms with Gasteiger partial charge in [0.05, 0.1) is 28.9 Å². The summed E-state index contributed by atoms with van der Waals surface area (Å²) in [6.45, 7) is 1.99. The van der Waals surface area contributed by atoms with Crippen molar-refractivity contribution in [2.45, 2.75) is 19.4 Å². The molecule has 0 aliphatic heterocycles. The first kappa shape index (κ1) is 12.1. The summed E-state index contributed by atoms with van der Waals surface area (Å²) in [5.74, 6) is -0.361. The highest BCUT2D eigenvalue weighted by atomic mass is 35.5. The molecule has 2 aromatic rings. The molecule has 0 saturated heterocycles. The first-order valence-electron chi connectivity index (χ1n) is 5.36. The summed E-state index contributed by atoms with van der Waals surface area (Å²) in [7, 11) is 0. The summed E-state index contributed by atoms with van der Waals surface area (Å²) < 4.78 is 14.8. The molecular formula is C12H13ClFN3. The highest BCUT2D eigenvalue weighted by Crippen LogP contribution is 2.25. The van der Waals surface area contributed by atoms with Crippen LogP contribution in [0.4, 0.5) is 4.39 Å². The van der Waals surface area contributed by atoms with Crippen molar-refractivity contribution in [3.63, 3.8) is 0 Å². The summed E-state index contributed by atoms with van der Waals surface area (Å²) in [5, 5.41) is 0.340.